The smallest absolute Gasteiger partial charge is 0.395 e. The molecule has 0 fully saturated rings. The van der Waals surface area contributed by atoms with E-state index in [9.17, 15) is 13.2 Å². The van der Waals surface area contributed by atoms with Crippen LogP contribution in [-0.4, -0.2) is 54.5 Å². The zero-order valence-corrected chi connectivity index (χ0v) is 11.6. The van der Waals surface area contributed by atoms with E-state index in [2.05, 4.69) is 5.32 Å². The molecule has 1 atom stereocenters. The molecule has 6 heteroatoms. The van der Waals surface area contributed by atoms with Crippen LogP contribution in [0.2, 0.25) is 0 Å². The van der Waals surface area contributed by atoms with Crippen molar-refractivity contribution in [2.45, 2.75) is 39.4 Å². The van der Waals surface area contributed by atoms with Gasteiger partial charge in [0.05, 0.1) is 13.2 Å². The van der Waals surface area contributed by atoms with Gasteiger partial charge in [-0.2, -0.15) is 13.2 Å². The zero-order chi connectivity index (χ0) is 14.4. The summed E-state index contributed by atoms with van der Waals surface area (Å²) in [6.45, 7) is 7.76. The van der Waals surface area contributed by atoms with Crippen LogP contribution in [0.25, 0.3) is 0 Å². The predicted molar refractivity (Wildman–Crippen MR) is 66.5 cm³/mol. The van der Waals surface area contributed by atoms with Gasteiger partial charge in [-0.3, -0.25) is 4.90 Å². The minimum absolute atomic E-state index is 0.0416. The third-order valence-corrected chi connectivity index (χ3v) is 2.37. The lowest BCUT2D eigenvalue weighted by Crippen LogP contribution is -2.44. The highest BCUT2D eigenvalue weighted by atomic mass is 19.4. The van der Waals surface area contributed by atoms with Crippen LogP contribution in [0.15, 0.2) is 0 Å². The molecule has 3 nitrogen and oxygen atoms in total. The second-order valence-electron chi connectivity index (χ2n) is 5.81. The first-order chi connectivity index (χ1) is 8.03. The van der Waals surface area contributed by atoms with Crippen molar-refractivity contribution in [3.8, 4) is 0 Å². The van der Waals surface area contributed by atoms with Crippen molar-refractivity contribution in [1.29, 1.82) is 0 Å². The molecule has 0 aromatic carbocycles. The molecule has 110 valence electrons. The molecule has 0 heterocycles. The van der Waals surface area contributed by atoms with Crippen LogP contribution in [0.4, 0.5) is 13.2 Å². The fraction of sp³-hybridized carbons (Fsp3) is 1.00. The summed E-state index contributed by atoms with van der Waals surface area (Å²) in [6, 6.07) is 0. The number of aliphatic hydroxyl groups excluding tert-OH is 1. The summed E-state index contributed by atoms with van der Waals surface area (Å²) in [5.41, 5.74) is -0.0416. The Hall–Kier alpha value is -0.330. The highest BCUT2D eigenvalue weighted by Gasteiger charge is 2.30. The Morgan fingerprint density at radius 2 is 1.78 bits per heavy atom. The SMILES string of the molecule is CC(CNC(C)(C)C)CN(CCO)CC(F)(F)F. The summed E-state index contributed by atoms with van der Waals surface area (Å²) in [4.78, 5) is 1.25. The van der Waals surface area contributed by atoms with Gasteiger partial charge in [0.1, 0.15) is 0 Å². The van der Waals surface area contributed by atoms with Crippen molar-refractivity contribution < 1.29 is 18.3 Å². The topological polar surface area (TPSA) is 35.5 Å². The normalized spacial score (nSPS) is 15.2. The number of nitrogens with one attached hydrogen (secondary N) is 1. The minimum atomic E-state index is -4.22. The maximum atomic E-state index is 12.3. The second-order valence-corrected chi connectivity index (χ2v) is 5.81. The summed E-state index contributed by atoms with van der Waals surface area (Å²) >= 11 is 0. The lowest BCUT2D eigenvalue weighted by Gasteiger charge is -2.28. The van der Waals surface area contributed by atoms with Crippen LogP contribution in [0.5, 0.6) is 0 Å². The molecule has 0 radical (unpaired) electrons. The average Bonchev–Trinajstić information content (AvgIpc) is 2.11. The van der Waals surface area contributed by atoms with Crippen LogP contribution >= 0.6 is 0 Å². The van der Waals surface area contributed by atoms with Crippen LogP contribution in [0.3, 0.4) is 0 Å². The summed E-state index contributed by atoms with van der Waals surface area (Å²) in [5, 5.41) is 12.0. The van der Waals surface area contributed by atoms with Gasteiger partial charge in [0.25, 0.3) is 0 Å². The van der Waals surface area contributed by atoms with Gasteiger partial charge in [0, 0.05) is 18.6 Å². The Morgan fingerprint density at radius 3 is 2.17 bits per heavy atom. The molecule has 2 N–H and O–H groups in total. The van der Waals surface area contributed by atoms with Crippen LogP contribution < -0.4 is 5.32 Å². The molecule has 1 unspecified atom stereocenters. The van der Waals surface area contributed by atoms with E-state index in [4.69, 9.17) is 5.11 Å². The quantitative estimate of drug-likeness (QED) is 0.741. The summed E-state index contributed by atoms with van der Waals surface area (Å²) in [5.74, 6) is 0.0955. The molecule has 0 saturated heterocycles. The molecule has 0 saturated carbocycles. The van der Waals surface area contributed by atoms with Crippen LogP contribution in [-0.2, 0) is 0 Å². The van der Waals surface area contributed by atoms with Crippen molar-refractivity contribution in [3.05, 3.63) is 0 Å². The maximum absolute atomic E-state index is 12.3. The highest BCUT2D eigenvalue weighted by Crippen LogP contribution is 2.17. The van der Waals surface area contributed by atoms with Gasteiger partial charge in [-0.15, -0.1) is 0 Å². The van der Waals surface area contributed by atoms with Crippen molar-refractivity contribution >= 4 is 0 Å². The fourth-order valence-electron chi connectivity index (χ4n) is 1.62. The first-order valence-electron chi connectivity index (χ1n) is 6.18. The summed E-state index contributed by atoms with van der Waals surface area (Å²) in [6.07, 6.45) is -4.22. The van der Waals surface area contributed by atoms with Crippen LogP contribution in [0, 0.1) is 5.92 Å². The van der Waals surface area contributed by atoms with Crippen molar-refractivity contribution in [2.24, 2.45) is 5.92 Å². The molecular weight excluding hydrogens is 245 g/mol. The lowest BCUT2D eigenvalue weighted by atomic mass is 10.1. The Bertz CT molecular complexity index is 226. The highest BCUT2D eigenvalue weighted by molar-refractivity contribution is 4.74. The molecule has 0 bridgehead atoms. The van der Waals surface area contributed by atoms with E-state index >= 15 is 0 Å². The van der Waals surface area contributed by atoms with Crippen molar-refractivity contribution in [1.82, 2.24) is 10.2 Å². The first-order valence-corrected chi connectivity index (χ1v) is 6.18. The zero-order valence-electron chi connectivity index (χ0n) is 11.6. The van der Waals surface area contributed by atoms with Gasteiger partial charge in [-0.05, 0) is 33.2 Å². The van der Waals surface area contributed by atoms with Gasteiger partial charge in [0.15, 0.2) is 0 Å². The summed E-state index contributed by atoms with van der Waals surface area (Å²) < 4.78 is 36.9. The third kappa shape index (κ3) is 10.8. The molecule has 0 amide bonds. The lowest BCUT2D eigenvalue weighted by molar-refractivity contribution is -0.147. The molecule has 0 aromatic rings. The third-order valence-electron chi connectivity index (χ3n) is 2.37. The average molecular weight is 270 g/mol. The van der Waals surface area contributed by atoms with Gasteiger partial charge in [-0.25, -0.2) is 0 Å². The van der Waals surface area contributed by atoms with Gasteiger partial charge >= 0.3 is 6.18 Å². The number of alkyl halides is 3. The standard InChI is InChI=1S/C12H25F3N2O/c1-10(7-16-11(2,3)4)8-17(5-6-18)9-12(13,14)15/h10,16,18H,5-9H2,1-4H3. The van der Waals surface area contributed by atoms with E-state index in [1.807, 2.05) is 27.7 Å². The van der Waals surface area contributed by atoms with Crippen molar-refractivity contribution in [3.63, 3.8) is 0 Å². The van der Waals surface area contributed by atoms with Crippen LogP contribution in [0.1, 0.15) is 27.7 Å². The first kappa shape index (κ1) is 17.7. The van der Waals surface area contributed by atoms with E-state index in [1.165, 1.54) is 4.90 Å². The Morgan fingerprint density at radius 1 is 1.22 bits per heavy atom. The van der Waals surface area contributed by atoms with E-state index < -0.39 is 12.7 Å². The molecule has 0 aliphatic carbocycles. The Balaban J connectivity index is 4.15. The van der Waals surface area contributed by atoms with E-state index in [1.54, 1.807) is 0 Å². The number of hydrogen-bond acceptors (Lipinski definition) is 3. The fourth-order valence-corrected chi connectivity index (χ4v) is 1.62. The molecule has 0 aliphatic heterocycles. The monoisotopic (exact) mass is 270 g/mol. The summed E-state index contributed by atoms with van der Waals surface area (Å²) in [7, 11) is 0. The molecule has 0 rings (SSSR count). The number of nitrogens with zero attached hydrogens (tertiary/aromatic N) is 1. The molecule has 0 aliphatic rings. The van der Waals surface area contributed by atoms with E-state index in [0.29, 0.717) is 13.1 Å². The van der Waals surface area contributed by atoms with Gasteiger partial charge in [0.2, 0.25) is 0 Å². The maximum Gasteiger partial charge on any atom is 0.401 e. The van der Waals surface area contributed by atoms with Crippen molar-refractivity contribution in [2.75, 3.05) is 32.8 Å². The number of hydrogen-bond donors (Lipinski definition) is 2. The number of rotatable bonds is 7. The largest absolute Gasteiger partial charge is 0.401 e. The predicted octanol–water partition coefficient (Wildman–Crippen LogP) is 1.87. The van der Waals surface area contributed by atoms with Gasteiger partial charge in [-0.1, -0.05) is 6.92 Å². The second kappa shape index (κ2) is 7.31. The molecule has 18 heavy (non-hydrogen) atoms. The minimum Gasteiger partial charge on any atom is -0.395 e. The number of aliphatic hydroxyl groups is 1. The van der Waals surface area contributed by atoms with Gasteiger partial charge < -0.3 is 10.4 Å². The Labute approximate surface area is 107 Å². The van der Waals surface area contributed by atoms with E-state index in [0.717, 1.165) is 0 Å². The number of halogens is 3. The Kier molecular flexibility index (Phi) is 7.17. The molecular formula is C12H25F3N2O. The van der Waals surface area contributed by atoms with E-state index in [-0.39, 0.29) is 24.6 Å². The molecule has 0 spiro atoms. The molecule has 0 aromatic heterocycles.